The molecule has 0 aliphatic rings. The van der Waals surface area contributed by atoms with E-state index in [1.165, 1.54) is 6.39 Å². The lowest BCUT2D eigenvalue weighted by molar-refractivity contribution is 0.560. The first-order valence-corrected chi connectivity index (χ1v) is 6.47. The fraction of sp³-hybridized carbons (Fsp3) is 0.267. The summed E-state index contributed by atoms with van der Waals surface area (Å²) in [6, 6.07) is 9.91. The molecule has 0 fully saturated rings. The number of nitrogens with zero attached hydrogens (tertiary/aromatic N) is 4. The lowest BCUT2D eigenvalue weighted by Crippen LogP contribution is -2.12. The molecule has 0 N–H and O–H groups in total. The van der Waals surface area contributed by atoms with Gasteiger partial charge >= 0.3 is 0 Å². The van der Waals surface area contributed by atoms with E-state index in [9.17, 15) is 0 Å². The molecule has 5 nitrogen and oxygen atoms in total. The minimum absolute atomic E-state index is 0.0505. The first-order chi connectivity index (χ1) is 9.54. The Bertz CT molecular complexity index is 690. The second-order valence-electron chi connectivity index (χ2n) is 5.69. The highest BCUT2D eigenvalue weighted by Gasteiger charge is 2.17. The van der Waals surface area contributed by atoms with Crippen LogP contribution < -0.4 is 0 Å². The lowest BCUT2D eigenvalue weighted by atomic mass is 9.93. The minimum atomic E-state index is 0.0505. The van der Waals surface area contributed by atoms with E-state index in [0.29, 0.717) is 5.89 Å². The Labute approximate surface area is 117 Å². The number of hydrogen-bond donors (Lipinski definition) is 0. The van der Waals surface area contributed by atoms with Crippen molar-refractivity contribution in [1.29, 1.82) is 0 Å². The summed E-state index contributed by atoms with van der Waals surface area (Å²) in [4.78, 5) is 0. The molecule has 0 saturated carbocycles. The van der Waals surface area contributed by atoms with E-state index in [1.807, 2.05) is 41.2 Å². The predicted molar refractivity (Wildman–Crippen MR) is 75.6 cm³/mol. The zero-order valence-electron chi connectivity index (χ0n) is 11.7. The van der Waals surface area contributed by atoms with Crippen LogP contribution in [-0.2, 0) is 5.41 Å². The molecule has 0 amide bonds. The van der Waals surface area contributed by atoms with Crippen molar-refractivity contribution in [2.45, 2.75) is 26.2 Å². The van der Waals surface area contributed by atoms with Crippen molar-refractivity contribution in [3.8, 4) is 17.1 Å². The molecule has 0 saturated heterocycles. The monoisotopic (exact) mass is 268 g/mol. The van der Waals surface area contributed by atoms with E-state index in [0.717, 1.165) is 16.9 Å². The molecule has 0 atom stereocenters. The first-order valence-electron chi connectivity index (χ1n) is 6.47. The van der Waals surface area contributed by atoms with Crippen LogP contribution in [0.5, 0.6) is 0 Å². The number of aromatic nitrogens is 4. The van der Waals surface area contributed by atoms with E-state index in [1.54, 1.807) is 0 Å². The van der Waals surface area contributed by atoms with Crippen molar-refractivity contribution < 1.29 is 4.42 Å². The lowest BCUT2D eigenvalue weighted by Gasteiger charge is -2.14. The highest BCUT2D eigenvalue weighted by molar-refractivity contribution is 5.54. The van der Waals surface area contributed by atoms with Gasteiger partial charge in [0.2, 0.25) is 12.3 Å². The summed E-state index contributed by atoms with van der Waals surface area (Å²) in [6.45, 7) is 6.45. The normalized spacial score (nSPS) is 11.8. The first kappa shape index (κ1) is 12.6. The Kier molecular flexibility index (Phi) is 2.89. The van der Waals surface area contributed by atoms with Crippen LogP contribution in [0.15, 0.2) is 47.3 Å². The Balaban J connectivity index is 1.90. The van der Waals surface area contributed by atoms with Crippen LogP contribution in [0, 0.1) is 0 Å². The number of hydrogen-bond acceptors (Lipinski definition) is 4. The molecule has 3 rings (SSSR count). The van der Waals surface area contributed by atoms with Gasteiger partial charge in [0.1, 0.15) is 0 Å². The fourth-order valence-electron chi connectivity index (χ4n) is 1.92. The van der Waals surface area contributed by atoms with Crippen LogP contribution in [0.25, 0.3) is 17.1 Å². The smallest absolute Gasteiger partial charge is 0.247 e. The zero-order valence-corrected chi connectivity index (χ0v) is 11.7. The molecule has 0 unspecified atom stereocenters. The number of rotatable bonds is 2. The van der Waals surface area contributed by atoms with Gasteiger partial charge in [-0.1, -0.05) is 20.8 Å². The van der Waals surface area contributed by atoms with Gasteiger partial charge in [-0.2, -0.15) is 5.10 Å². The summed E-state index contributed by atoms with van der Waals surface area (Å²) >= 11 is 0. The summed E-state index contributed by atoms with van der Waals surface area (Å²) in [6.07, 6.45) is 3.30. The van der Waals surface area contributed by atoms with Crippen LogP contribution in [0.4, 0.5) is 0 Å². The third-order valence-electron chi connectivity index (χ3n) is 3.10. The maximum atomic E-state index is 5.17. The Morgan fingerprint density at radius 3 is 2.35 bits per heavy atom. The average molecular weight is 268 g/mol. The molecule has 3 aromatic rings. The molecule has 0 spiro atoms. The Morgan fingerprint density at radius 1 is 1.05 bits per heavy atom. The Hall–Kier alpha value is -2.43. The third-order valence-corrected chi connectivity index (χ3v) is 3.10. The largest absolute Gasteiger partial charge is 0.423 e. The molecule has 0 bridgehead atoms. The van der Waals surface area contributed by atoms with E-state index < -0.39 is 0 Å². The molecule has 102 valence electrons. The third kappa shape index (κ3) is 2.34. The summed E-state index contributed by atoms with van der Waals surface area (Å²) < 4.78 is 7.04. The standard InChI is InChI=1S/C15H16N4O/c1-15(2,3)13-8-9-19(18-13)12-6-4-11(5-7-12)14-17-16-10-20-14/h4-10H,1-3H3. The highest BCUT2D eigenvalue weighted by Crippen LogP contribution is 2.22. The molecule has 0 radical (unpaired) electrons. The van der Waals surface area contributed by atoms with Gasteiger partial charge in [-0.25, -0.2) is 4.68 Å². The van der Waals surface area contributed by atoms with Crippen molar-refractivity contribution >= 4 is 0 Å². The maximum Gasteiger partial charge on any atom is 0.247 e. The molecular weight excluding hydrogens is 252 g/mol. The van der Waals surface area contributed by atoms with Crippen molar-refractivity contribution in [1.82, 2.24) is 20.0 Å². The van der Waals surface area contributed by atoms with E-state index in [4.69, 9.17) is 4.42 Å². The van der Waals surface area contributed by atoms with Gasteiger partial charge in [0, 0.05) is 17.2 Å². The van der Waals surface area contributed by atoms with Crippen LogP contribution in [-0.4, -0.2) is 20.0 Å². The van der Waals surface area contributed by atoms with E-state index in [-0.39, 0.29) is 5.41 Å². The molecule has 2 aromatic heterocycles. The molecule has 2 heterocycles. The molecular formula is C15H16N4O. The van der Waals surface area contributed by atoms with Gasteiger partial charge in [0.05, 0.1) is 11.4 Å². The van der Waals surface area contributed by atoms with Gasteiger partial charge in [-0.15, -0.1) is 10.2 Å². The van der Waals surface area contributed by atoms with Crippen LogP contribution in [0.2, 0.25) is 0 Å². The topological polar surface area (TPSA) is 56.7 Å². The summed E-state index contributed by atoms with van der Waals surface area (Å²) in [7, 11) is 0. The highest BCUT2D eigenvalue weighted by atomic mass is 16.4. The van der Waals surface area contributed by atoms with Gasteiger partial charge < -0.3 is 4.42 Å². The van der Waals surface area contributed by atoms with Gasteiger partial charge in [0.15, 0.2) is 0 Å². The Morgan fingerprint density at radius 2 is 1.80 bits per heavy atom. The van der Waals surface area contributed by atoms with Crippen molar-refractivity contribution in [2.75, 3.05) is 0 Å². The fourth-order valence-corrected chi connectivity index (χ4v) is 1.92. The minimum Gasteiger partial charge on any atom is -0.423 e. The molecule has 5 heteroatoms. The van der Waals surface area contributed by atoms with Crippen LogP contribution in [0.1, 0.15) is 26.5 Å². The predicted octanol–water partition coefficient (Wildman–Crippen LogP) is 3.22. The van der Waals surface area contributed by atoms with Crippen molar-refractivity contribution in [3.63, 3.8) is 0 Å². The van der Waals surface area contributed by atoms with Gasteiger partial charge in [-0.05, 0) is 30.3 Å². The molecule has 0 aliphatic carbocycles. The second-order valence-corrected chi connectivity index (χ2v) is 5.69. The SMILES string of the molecule is CC(C)(C)c1ccn(-c2ccc(-c3nnco3)cc2)n1. The van der Waals surface area contributed by atoms with Crippen LogP contribution >= 0.6 is 0 Å². The quantitative estimate of drug-likeness (QED) is 0.716. The van der Waals surface area contributed by atoms with Gasteiger partial charge in [-0.3, -0.25) is 0 Å². The van der Waals surface area contributed by atoms with Crippen molar-refractivity contribution in [3.05, 3.63) is 48.6 Å². The second kappa shape index (κ2) is 4.59. The maximum absolute atomic E-state index is 5.17. The molecule has 20 heavy (non-hydrogen) atoms. The molecule has 0 aliphatic heterocycles. The summed E-state index contributed by atoms with van der Waals surface area (Å²) in [5, 5.41) is 12.2. The summed E-state index contributed by atoms with van der Waals surface area (Å²) in [5.41, 5.74) is 3.02. The number of benzene rings is 1. The average Bonchev–Trinajstić information content (AvgIpc) is 3.10. The summed E-state index contributed by atoms with van der Waals surface area (Å²) in [5.74, 6) is 0.521. The van der Waals surface area contributed by atoms with E-state index >= 15 is 0 Å². The zero-order chi connectivity index (χ0) is 14.2. The molecule has 1 aromatic carbocycles. The van der Waals surface area contributed by atoms with Crippen LogP contribution in [0.3, 0.4) is 0 Å². The van der Waals surface area contributed by atoms with Gasteiger partial charge in [0.25, 0.3) is 0 Å². The van der Waals surface area contributed by atoms with E-state index in [2.05, 4.69) is 36.1 Å². The van der Waals surface area contributed by atoms with Crippen molar-refractivity contribution in [2.24, 2.45) is 0 Å².